The van der Waals surface area contributed by atoms with Crippen molar-refractivity contribution in [2.24, 2.45) is 5.73 Å². The second-order valence-electron chi connectivity index (χ2n) is 4.78. The Labute approximate surface area is 108 Å². The van der Waals surface area contributed by atoms with Crippen LogP contribution in [0.25, 0.3) is 0 Å². The largest absolute Gasteiger partial charge is 0.381 e. The zero-order valence-corrected chi connectivity index (χ0v) is 11.0. The lowest BCUT2D eigenvalue weighted by molar-refractivity contribution is -0.120. The van der Waals surface area contributed by atoms with Gasteiger partial charge in [0, 0.05) is 51.1 Å². The highest BCUT2D eigenvalue weighted by atomic mass is 16.5. The lowest BCUT2D eigenvalue weighted by atomic mass is 9.83. The van der Waals surface area contributed by atoms with E-state index in [4.69, 9.17) is 15.2 Å². The topological polar surface area (TPSA) is 57.4 Å². The molecule has 0 radical (unpaired) electrons. The molecule has 4 nitrogen and oxygen atoms in total. The van der Waals surface area contributed by atoms with Crippen molar-refractivity contribution in [3.63, 3.8) is 0 Å². The predicted molar refractivity (Wildman–Crippen MR) is 70.3 cm³/mol. The molecule has 0 aromatic carbocycles. The van der Waals surface area contributed by atoms with E-state index in [2.05, 4.69) is 11.1 Å². The van der Waals surface area contributed by atoms with Gasteiger partial charge in [-0.25, -0.2) is 0 Å². The first-order chi connectivity index (χ1) is 8.77. The second kappa shape index (κ2) is 6.27. The van der Waals surface area contributed by atoms with Crippen LogP contribution in [0, 0.1) is 0 Å². The van der Waals surface area contributed by atoms with Gasteiger partial charge in [0.25, 0.3) is 0 Å². The summed E-state index contributed by atoms with van der Waals surface area (Å²) >= 11 is 0. The zero-order chi connectivity index (χ0) is 12.8. The molecule has 0 bridgehead atoms. The molecule has 1 aliphatic rings. The summed E-state index contributed by atoms with van der Waals surface area (Å²) in [6.45, 7) is 4.19. The Morgan fingerprint density at radius 2 is 2.28 bits per heavy atom. The summed E-state index contributed by atoms with van der Waals surface area (Å²) in [6, 6.07) is 4.00. The highest BCUT2D eigenvalue weighted by molar-refractivity contribution is 5.12. The summed E-state index contributed by atoms with van der Waals surface area (Å²) in [5, 5.41) is 0. The molecule has 0 aliphatic carbocycles. The van der Waals surface area contributed by atoms with Gasteiger partial charge in [-0.05, 0) is 25.0 Å². The van der Waals surface area contributed by atoms with E-state index in [0.717, 1.165) is 38.0 Å². The number of hydrogen-bond donors (Lipinski definition) is 1. The van der Waals surface area contributed by atoms with E-state index in [1.54, 1.807) is 6.20 Å². The van der Waals surface area contributed by atoms with Crippen LogP contribution in [0.15, 0.2) is 24.5 Å². The monoisotopic (exact) mass is 250 g/mol. The number of aromatic nitrogens is 1. The maximum atomic E-state index is 6.39. The van der Waals surface area contributed by atoms with Crippen molar-refractivity contribution in [2.75, 3.05) is 19.8 Å². The molecule has 2 heterocycles. The number of hydrogen-bond acceptors (Lipinski definition) is 4. The average molecular weight is 250 g/mol. The van der Waals surface area contributed by atoms with E-state index < -0.39 is 0 Å². The van der Waals surface area contributed by atoms with Crippen molar-refractivity contribution < 1.29 is 9.47 Å². The Bertz CT molecular complexity index is 345. The smallest absolute Gasteiger partial charge is 0.0879 e. The first kappa shape index (κ1) is 13.5. The van der Waals surface area contributed by atoms with Gasteiger partial charge in [0.2, 0.25) is 0 Å². The number of rotatable bonds is 5. The fourth-order valence-electron chi connectivity index (χ4n) is 2.59. The van der Waals surface area contributed by atoms with Crippen LogP contribution in [0.5, 0.6) is 0 Å². The molecule has 2 N–H and O–H groups in total. The van der Waals surface area contributed by atoms with Crippen molar-refractivity contribution in [2.45, 2.75) is 37.8 Å². The van der Waals surface area contributed by atoms with E-state index in [1.165, 1.54) is 0 Å². The van der Waals surface area contributed by atoms with Gasteiger partial charge in [0.05, 0.1) is 5.60 Å². The van der Waals surface area contributed by atoms with Crippen molar-refractivity contribution in [3.8, 4) is 0 Å². The van der Waals surface area contributed by atoms with Crippen LogP contribution >= 0.6 is 0 Å². The molecule has 1 aliphatic heterocycles. The summed E-state index contributed by atoms with van der Waals surface area (Å²) in [4.78, 5) is 4.13. The fourth-order valence-corrected chi connectivity index (χ4v) is 2.59. The molecule has 1 saturated heterocycles. The molecule has 1 unspecified atom stereocenters. The zero-order valence-electron chi connectivity index (χ0n) is 11.0. The van der Waals surface area contributed by atoms with Crippen LogP contribution in [0.1, 0.15) is 25.3 Å². The summed E-state index contributed by atoms with van der Waals surface area (Å²) in [7, 11) is 0. The van der Waals surface area contributed by atoms with E-state index in [1.807, 2.05) is 19.2 Å². The van der Waals surface area contributed by atoms with Crippen LogP contribution in [0.2, 0.25) is 0 Å². The van der Waals surface area contributed by atoms with E-state index in [0.29, 0.717) is 6.61 Å². The van der Waals surface area contributed by atoms with E-state index in [-0.39, 0.29) is 11.6 Å². The molecule has 0 amide bonds. The van der Waals surface area contributed by atoms with Crippen LogP contribution in [0.3, 0.4) is 0 Å². The average Bonchev–Trinajstić information content (AvgIpc) is 2.41. The van der Waals surface area contributed by atoms with Gasteiger partial charge in [-0.3, -0.25) is 4.98 Å². The molecule has 1 atom stereocenters. The Hall–Kier alpha value is -0.970. The number of pyridine rings is 1. The van der Waals surface area contributed by atoms with Crippen LogP contribution in [-0.2, 0) is 15.9 Å². The van der Waals surface area contributed by atoms with Crippen molar-refractivity contribution in [1.29, 1.82) is 0 Å². The number of ether oxygens (including phenoxy) is 2. The normalized spacial score (nSPS) is 20.6. The van der Waals surface area contributed by atoms with Crippen LogP contribution < -0.4 is 5.73 Å². The fraction of sp³-hybridized carbons (Fsp3) is 0.643. The third-order valence-corrected chi connectivity index (χ3v) is 3.63. The van der Waals surface area contributed by atoms with Gasteiger partial charge in [-0.2, -0.15) is 0 Å². The van der Waals surface area contributed by atoms with E-state index >= 15 is 0 Å². The maximum absolute atomic E-state index is 6.39. The Morgan fingerprint density at radius 3 is 2.89 bits per heavy atom. The summed E-state index contributed by atoms with van der Waals surface area (Å²) in [6.07, 6.45) is 6.21. The molecule has 1 aromatic heterocycles. The molecule has 1 aromatic rings. The lowest BCUT2D eigenvalue weighted by Crippen LogP contribution is -2.54. The minimum atomic E-state index is -0.233. The highest BCUT2D eigenvalue weighted by Crippen LogP contribution is 2.29. The van der Waals surface area contributed by atoms with Gasteiger partial charge >= 0.3 is 0 Å². The molecule has 100 valence electrons. The Kier molecular flexibility index (Phi) is 4.69. The first-order valence-electron chi connectivity index (χ1n) is 6.63. The van der Waals surface area contributed by atoms with Gasteiger partial charge in [0.1, 0.15) is 0 Å². The van der Waals surface area contributed by atoms with Crippen molar-refractivity contribution in [1.82, 2.24) is 4.98 Å². The summed E-state index contributed by atoms with van der Waals surface area (Å²) < 4.78 is 11.4. The highest BCUT2D eigenvalue weighted by Gasteiger charge is 2.39. The van der Waals surface area contributed by atoms with Gasteiger partial charge < -0.3 is 15.2 Å². The Balaban J connectivity index is 2.05. The summed E-state index contributed by atoms with van der Waals surface area (Å²) in [5.74, 6) is 0. The molecule has 1 fully saturated rings. The molecule has 0 saturated carbocycles. The number of nitrogens with two attached hydrogens (primary N) is 1. The molecular formula is C14H22N2O2. The van der Waals surface area contributed by atoms with Crippen molar-refractivity contribution in [3.05, 3.63) is 30.1 Å². The molecule has 18 heavy (non-hydrogen) atoms. The molecule has 4 heteroatoms. The Morgan fingerprint density at radius 1 is 1.50 bits per heavy atom. The minimum Gasteiger partial charge on any atom is -0.381 e. The predicted octanol–water partition coefficient (Wildman–Crippen LogP) is 1.54. The van der Waals surface area contributed by atoms with Gasteiger partial charge in [0.15, 0.2) is 0 Å². The molecule has 0 spiro atoms. The quantitative estimate of drug-likeness (QED) is 0.861. The lowest BCUT2D eigenvalue weighted by Gasteiger charge is -2.41. The van der Waals surface area contributed by atoms with Crippen LogP contribution in [-0.4, -0.2) is 36.4 Å². The van der Waals surface area contributed by atoms with Gasteiger partial charge in [-0.1, -0.05) is 6.07 Å². The van der Waals surface area contributed by atoms with E-state index in [9.17, 15) is 0 Å². The third kappa shape index (κ3) is 3.07. The van der Waals surface area contributed by atoms with Gasteiger partial charge in [-0.15, -0.1) is 0 Å². The standard InChI is InChI=1S/C14H22N2O2/c1-2-18-14(5-8-17-9-6-14)13(15)10-12-4-3-7-16-11-12/h3-4,7,11,13H,2,5-6,8-10,15H2,1H3. The van der Waals surface area contributed by atoms with Crippen LogP contribution in [0.4, 0.5) is 0 Å². The third-order valence-electron chi connectivity index (χ3n) is 3.63. The van der Waals surface area contributed by atoms with Crippen molar-refractivity contribution >= 4 is 0 Å². The number of nitrogens with zero attached hydrogens (tertiary/aromatic N) is 1. The second-order valence-corrected chi connectivity index (χ2v) is 4.78. The maximum Gasteiger partial charge on any atom is 0.0879 e. The molecular weight excluding hydrogens is 228 g/mol. The first-order valence-corrected chi connectivity index (χ1v) is 6.63. The minimum absolute atomic E-state index is 0.00875. The SMILES string of the molecule is CCOC1(C(N)Cc2cccnc2)CCOCC1. The summed E-state index contributed by atoms with van der Waals surface area (Å²) in [5.41, 5.74) is 7.32. The molecule has 2 rings (SSSR count).